The molecule has 112 valence electrons. The van der Waals surface area contributed by atoms with Gasteiger partial charge in [0.25, 0.3) is 0 Å². The van der Waals surface area contributed by atoms with Gasteiger partial charge in [-0.15, -0.1) is 0 Å². The van der Waals surface area contributed by atoms with Crippen LogP contribution in [0.5, 0.6) is 0 Å². The summed E-state index contributed by atoms with van der Waals surface area (Å²) in [5.74, 6) is -1.07. The molecule has 0 unspecified atom stereocenters. The molecule has 2 atom stereocenters. The van der Waals surface area contributed by atoms with Crippen LogP contribution in [0.3, 0.4) is 0 Å². The van der Waals surface area contributed by atoms with E-state index >= 15 is 0 Å². The molecule has 2 amide bonds. The second kappa shape index (κ2) is 6.23. The quantitative estimate of drug-likeness (QED) is 0.707. The van der Waals surface area contributed by atoms with Gasteiger partial charge in [-0.2, -0.15) is 0 Å². The second-order valence-corrected chi connectivity index (χ2v) is 5.17. The van der Waals surface area contributed by atoms with Crippen LogP contribution in [0.15, 0.2) is 11.6 Å². The average Bonchev–Trinajstić information content (AvgIpc) is 2.81. The Labute approximate surface area is 117 Å². The molecule has 0 spiro atoms. The monoisotopic (exact) mass is 284 g/mol. The molecule has 20 heavy (non-hydrogen) atoms. The molecule has 2 heterocycles. The van der Waals surface area contributed by atoms with Crippen molar-refractivity contribution in [1.82, 2.24) is 9.80 Å². The molecule has 0 radical (unpaired) electrons. The van der Waals surface area contributed by atoms with Crippen LogP contribution in [-0.4, -0.2) is 77.5 Å². The molecule has 7 heteroatoms. The Balaban J connectivity index is 1.99. The molecular formula is C13H20N2O5. The number of likely N-dealkylation sites (tertiary alicyclic amines) is 1. The molecule has 0 aromatic heterocycles. The number of nitrogens with zero attached hydrogens (tertiary/aromatic N) is 2. The maximum absolute atomic E-state index is 12.3. The second-order valence-electron chi connectivity index (χ2n) is 5.17. The summed E-state index contributed by atoms with van der Waals surface area (Å²) in [4.78, 5) is 26.3. The van der Waals surface area contributed by atoms with Crippen molar-refractivity contribution in [3.8, 4) is 0 Å². The maximum atomic E-state index is 12.3. The third-order valence-electron chi connectivity index (χ3n) is 3.71. The third-order valence-corrected chi connectivity index (χ3v) is 3.71. The lowest BCUT2D eigenvalue weighted by atomic mass is 10.1. The van der Waals surface area contributed by atoms with Gasteiger partial charge in [0.15, 0.2) is 0 Å². The SMILES string of the molecule is COCC1=CCN(C(=O)N2C[C@@H](O)C[C@H]2C(=O)O)CC1. The van der Waals surface area contributed by atoms with Crippen LogP contribution in [0.25, 0.3) is 0 Å². The van der Waals surface area contributed by atoms with Gasteiger partial charge in [0, 0.05) is 33.2 Å². The van der Waals surface area contributed by atoms with Crippen molar-refractivity contribution >= 4 is 12.0 Å². The van der Waals surface area contributed by atoms with E-state index in [0.717, 1.165) is 12.0 Å². The topological polar surface area (TPSA) is 90.3 Å². The molecule has 2 aliphatic rings. The number of carboxylic acids is 1. The number of hydrogen-bond donors (Lipinski definition) is 2. The summed E-state index contributed by atoms with van der Waals surface area (Å²) in [7, 11) is 1.63. The lowest BCUT2D eigenvalue weighted by molar-refractivity contribution is -0.141. The van der Waals surface area contributed by atoms with Gasteiger partial charge < -0.3 is 24.7 Å². The number of rotatable bonds is 3. The van der Waals surface area contributed by atoms with Gasteiger partial charge in [-0.25, -0.2) is 9.59 Å². The van der Waals surface area contributed by atoms with E-state index in [-0.39, 0.29) is 19.0 Å². The molecule has 1 fully saturated rings. The molecule has 0 aliphatic carbocycles. The van der Waals surface area contributed by atoms with E-state index in [0.29, 0.717) is 19.7 Å². The fourth-order valence-corrected chi connectivity index (χ4v) is 2.64. The van der Waals surface area contributed by atoms with E-state index in [4.69, 9.17) is 9.84 Å². The van der Waals surface area contributed by atoms with Crippen molar-refractivity contribution in [1.29, 1.82) is 0 Å². The van der Waals surface area contributed by atoms with Crippen molar-refractivity contribution in [2.24, 2.45) is 0 Å². The smallest absolute Gasteiger partial charge is 0.326 e. The van der Waals surface area contributed by atoms with E-state index in [1.807, 2.05) is 6.08 Å². The summed E-state index contributed by atoms with van der Waals surface area (Å²) in [6.45, 7) is 1.65. The Morgan fingerprint density at radius 3 is 2.80 bits per heavy atom. The highest BCUT2D eigenvalue weighted by molar-refractivity contribution is 5.83. The summed E-state index contributed by atoms with van der Waals surface area (Å²) in [6.07, 6.45) is 2.00. The average molecular weight is 284 g/mol. The van der Waals surface area contributed by atoms with Crippen LogP contribution in [0.2, 0.25) is 0 Å². The van der Waals surface area contributed by atoms with E-state index in [1.165, 1.54) is 4.90 Å². The molecule has 0 aromatic rings. The number of β-amino-alcohol motifs (C(OH)–C–C–N with tert-alkyl or cyclic N) is 1. The highest BCUT2D eigenvalue weighted by atomic mass is 16.5. The molecule has 0 aromatic carbocycles. The zero-order valence-electron chi connectivity index (χ0n) is 11.5. The Hall–Kier alpha value is -1.60. The number of hydrogen-bond acceptors (Lipinski definition) is 4. The minimum Gasteiger partial charge on any atom is -0.480 e. The van der Waals surface area contributed by atoms with E-state index in [2.05, 4.69) is 0 Å². The number of amides is 2. The van der Waals surface area contributed by atoms with Crippen molar-refractivity contribution in [2.75, 3.05) is 33.4 Å². The van der Waals surface area contributed by atoms with Crippen LogP contribution in [0.1, 0.15) is 12.8 Å². The fourth-order valence-electron chi connectivity index (χ4n) is 2.64. The molecule has 0 saturated carbocycles. The zero-order valence-corrected chi connectivity index (χ0v) is 11.5. The van der Waals surface area contributed by atoms with Crippen LogP contribution in [-0.2, 0) is 9.53 Å². The molecule has 2 aliphatic heterocycles. The van der Waals surface area contributed by atoms with Gasteiger partial charge in [0.2, 0.25) is 0 Å². The van der Waals surface area contributed by atoms with Crippen molar-refractivity contribution in [3.63, 3.8) is 0 Å². The van der Waals surface area contributed by atoms with Crippen LogP contribution in [0, 0.1) is 0 Å². The third kappa shape index (κ3) is 3.10. The van der Waals surface area contributed by atoms with Crippen LogP contribution in [0.4, 0.5) is 4.79 Å². The number of aliphatic carboxylic acids is 1. The summed E-state index contributed by atoms with van der Waals surface area (Å²) in [5, 5.41) is 18.7. The van der Waals surface area contributed by atoms with Gasteiger partial charge in [-0.1, -0.05) is 6.08 Å². The minimum atomic E-state index is -1.07. The number of urea groups is 1. The standard InChI is InChI=1S/C13H20N2O5/c1-20-8-9-2-4-14(5-3-9)13(19)15-7-10(16)6-11(15)12(17)18/h2,10-11,16H,3-8H2,1H3,(H,17,18)/t10-,11-/m0/s1. The Bertz CT molecular complexity index is 423. The number of aliphatic hydroxyl groups excluding tert-OH is 1. The summed E-state index contributed by atoms with van der Waals surface area (Å²) >= 11 is 0. The summed E-state index contributed by atoms with van der Waals surface area (Å²) in [5.41, 5.74) is 1.15. The van der Waals surface area contributed by atoms with E-state index in [1.54, 1.807) is 12.0 Å². The number of aliphatic hydroxyl groups is 1. The van der Waals surface area contributed by atoms with Crippen LogP contribution < -0.4 is 0 Å². The van der Waals surface area contributed by atoms with Gasteiger partial charge in [-0.05, 0) is 12.0 Å². The zero-order chi connectivity index (χ0) is 14.7. The summed E-state index contributed by atoms with van der Waals surface area (Å²) < 4.78 is 5.05. The van der Waals surface area contributed by atoms with Gasteiger partial charge in [0.05, 0.1) is 12.7 Å². The minimum absolute atomic E-state index is 0.0843. The Morgan fingerprint density at radius 1 is 1.50 bits per heavy atom. The highest BCUT2D eigenvalue weighted by Crippen LogP contribution is 2.21. The largest absolute Gasteiger partial charge is 0.480 e. The Morgan fingerprint density at radius 2 is 2.25 bits per heavy atom. The lowest BCUT2D eigenvalue weighted by Crippen LogP contribution is -2.49. The first-order valence-electron chi connectivity index (χ1n) is 6.66. The van der Waals surface area contributed by atoms with E-state index < -0.39 is 18.1 Å². The van der Waals surface area contributed by atoms with Crippen molar-refractivity contribution < 1.29 is 24.5 Å². The summed E-state index contributed by atoms with van der Waals surface area (Å²) in [6, 6.07) is -1.25. The first-order valence-corrected chi connectivity index (χ1v) is 6.66. The predicted octanol–water partition coefficient (Wildman–Crippen LogP) is -0.0953. The number of carbonyl (C=O) groups is 2. The number of methoxy groups -OCH3 is 1. The molecule has 0 bridgehead atoms. The van der Waals surface area contributed by atoms with Gasteiger partial charge >= 0.3 is 12.0 Å². The Kier molecular flexibility index (Phi) is 4.61. The first-order chi connectivity index (χ1) is 9.52. The number of ether oxygens (including phenoxy) is 1. The number of carboxylic acid groups (broad SMARTS) is 1. The van der Waals surface area contributed by atoms with Gasteiger partial charge in [-0.3, -0.25) is 0 Å². The molecule has 2 N–H and O–H groups in total. The van der Waals surface area contributed by atoms with Crippen LogP contribution >= 0.6 is 0 Å². The first kappa shape index (κ1) is 14.8. The maximum Gasteiger partial charge on any atom is 0.326 e. The lowest BCUT2D eigenvalue weighted by Gasteiger charge is -2.32. The highest BCUT2D eigenvalue weighted by Gasteiger charge is 2.40. The molecular weight excluding hydrogens is 264 g/mol. The molecule has 1 saturated heterocycles. The van der Waals surface area contributed by atoms with Crippen molar-refractivity contribution in [3.05, 3.63) is 11.6 Å². The molecule has 2 rings (SSSR count). The normalized spacial score (nSPS) is 26.6. The van der Waals surface area contributed by atoms with Gasteiger partial charge in [0.1, 0.15) is 6.04 Å². The molecule has 7 nitrogen and oxygen atoms in total. The number of carbonyl (C=O) groups excluding carboxylic acids is 1. The fraction of sp³-hybridized carbons (Fsp3) is 0.692. The van der Waals surface area contributed by atoms with Crippen molar-refractivity contribution in [2.45, 2.75) is 25.0 Å². The van der Waals surface area contributed by atoms with E-state index in [9.17, 15) is 14.7 Å². The predicted molar refractivity (Wildman–Crippen MR) is 70.3 cm³/mol.